The number of aryl methyl sites for hydroxylation is 1. The fourth-order valence-electron chi connectivity index (χ4n) is 4.12. The molecule has 1 N–H and O–H groups in total. The summed E-state index contributed by atoms with van der Waals surface area (Å²) < 4.78 is 8.99. The Kier molecular flexibility index (Phi) is 5.33. The number of rotatable bonds is 5. The van der Waals surface area contributed by atoms with Gasteiger partial charge in [-0.05, 0) is 49.6 Å². The molecule has 0 spiro atoms. The van der Waals surface area contributed by atoms with Crippen molar-refractivity contribution in [2.24, 2.45) is 0 Å². The van der Waals surface area contributed by atoms with E-state index in [4.69, 9.17) is 4.74 Å². The van der Waals surface area contributed by atoms with E-state index in [0.717, 1.165) is 25.0 Å². The van der Waals surface area contributed by atoms with Gasteiger partial charge in [0, 0.05) is 31.2 Å². The summed E-state index contributed by atoms with van der Waals surface area (Å²) in [5, 5.41) is 7.48. The van der Waals surface area contributed by atoms with E-state index < -0.39 is 0 Å². The fourth-order valence-corrected chi connectivity index (χ4v) is 4.12. The van der Waals surface area contributed by atoms with Crippen LogP contribution in [0.5, 0.6) is 0 Å². The molecular formula is C25H24N4O3. The van der Waals surface area contributed by atoms with Crippen LogP contribution in [0.1, 0.15) is 28.8 Å². The molecule has 7 nitrogen and oxygen atoms in total. The van der Waals surface area contributed by atoms with Crippen LogP contribution in [0, 0.1) is 6.92 Å². The number of benzene rings is 2. The molecule has 7 heteroatoms. The Balaban J connectivity index is 1.60. The molecular weight excluding hydrogens is 404 g/mol. The van der Waals surface area contributed by atoms with Gasteiger partial charge in [-0.2, -0.15) is 9.78 Å². The van der Waals surface area contributed by atoms with Crippen molar-refractivity contribution in [3.8, 4) is 16.9 Å². The van der Waals surface area contributed by atoms with Crippen molar-refractivity contribution < 1.29 is 9.53 Å². The third-order valence-corrected chi connectivity index (χ3v) is 5.68. The zero-order valence-corrected chi connectivity index (χ0v) is 17.8. The van der Waals surface area contributed by atoms with Gasteiger partial charge in [-0.1, -0.05) is 30.3 Å². The summed E-state index contributed by atoms with van der Waals surface area (Å²) in [5.74, 6) is -0.306. The monoisotopic (exact) mass is 428 g/mol. The molecule has 1 saturated heterocycles. The minimum Gasteiger partial charge on any atom is -0.376 e. The molecule has 3 aliphatic rings. The number of fused-ring (bicyclic) bond motifs is 1. The van der Waals surface area contributed by atoms with E-state index in [1.54, 1.807) is 12.4 Å². The molecule has 3 heterocycles. The molecule has 0 saturated carbocycles. The lowest BCUT2D eigenvalue weighted by Crippen LogP contribution is -2.20. The highest BCUT2D eigenvalue weighted by atomic mass is 16.5. The number of ether oxygens (including phenoxy) is 1. The van der Waals surface area contributed by atoms with E-state index in [0.29, 0.717) is 34.7 Å². The number of carbonyl (C=O) groups excluding carboxylic acids is 1. The highest BCUT2D eigenvalue weighted by molar-refractivity contribution is 6.08. The lowest BCUT2D eigenvalue weighted by Gasteiger charge is -2.16. The van der Waals surface area contributed by atoms with E-state index in [1.807, 2.05) is 66.1 Å². The van der Waals surface area contributed by atoms with Gasteiger partial charge in [0.2, 0.25) is 0 Å². The molecule has 1 atom stereocenters. The summed E-state index contributed by atoms with van der Waals surface area (Å²) in [7, 11) is 0. The average molecular weight is 428 g/mol. The number of nitrogens with zero attached hydrogens (tertiary/aromatic N) is 3. The second kappa shape index (κ2) is 8.43. The van der Waals surface area contributed by atoms with Gasteiger partial charge in [-0.3, -0.25) is 9.59 Å². The molecule has 0 radical (unpaired) electrons. The molecule has 1 amide bonds. The molecule has 0 aromatic heterocycles. The van der Waals surface area contributed by atoms with Gasteiger partial charge in [-0.15, -0.1) is 0 Å². The van der Waals surface area contributed by atoms with E-state index in [9.17, 15) is 9.59 Å². The molecule has 1 unspecified atom stereocenters. The van der Waals surface area contributed by atoms with Crippen LogP contribution < -0.4 is 10.9 Å². The number of nitrogens with one attached hydrogen (secondary N) is 1. The predicted molar refractivity (Wildman–Crippen MR) is 123 cm³/mol. The minimum absolute atomic E-state index is 0.0735. The number of carbonyl (C=O) groups is 1. The number of para-hydroxylation sites is 1. The Morgan fingerprint density at radius 3 is 2.75 bits per heavy atom. The van der Waals surface area contributed by atoms with Gasteiger partial charge in [-0.25, -0.2) is 0 Å². The first-order chi connectivity index (χ1) is 15.6. The van der Waals surface area contributed by atoms with Crippen LogP contribution in [0.4, 0.5) is 5.69 Å². The third-order valence-electron chi connectivity index (χ3n) is 5.68. The number of amides is 1. The maximum Gasteiger partial charge on any atom is 0.282 e. The van der Waals surface area contributed by atoms with Crippen LogP contribution in [-0.2, 0) is 11.3 Å². The van der Waals surface area contributed by atoms with E-state index >= 15 is 0 Å². The minimum atomic E-state index is -0.306. The number of pyridine rings is 1. The van der Waals surface area contributed by atoms with Crippen molar-refractivity contribution in [3.05, 3.63) is 88.5 Å². The van der Waals surface area contributed by atoms with Crippen molar-refractivity contribution in [2.75, 3.05) is 11.9 Å². The van der Waals surface area contributed by atoms with E-state index in [-0.39, 0.29) is 17.6 Å². The number of anilines is 1. The smallest absolute Gasteiger partial charge is 0.282 e. The van der Waals surface area contributed by atoms with Gasteiger partial charge in [0.25, 0.3) is 11.5 Å². The fraction of sp³-hybridized carbons (Fsp3) is 0.240. The number of hydrogen-bond acceptors (Lipinski definition) is 4. The van der Waals surface area contributed by atoms with Crippen LogP contribution in [0.3, 0.4) is 0 Å². The molecule has 32 heavy (non-hydrogen) atoms. The van der Waals surface area contributed by atoms with Crippen molar-refractivity contribution in [3.63, 3.8) is 0 Å². The molecule has 1 fully saturated rings. The van der Waals surface area contributed by atoms with Crippen molar-refractivity contribution >= 4 is 11.6 Å². The van der Waals surface area contributed by atoms with E-state index in [2.05, 4.69) is 10.4 Å². The Hall–Kier alpha value is -3.71. The third kappa shape index (κ3) is 3.94. The van der Waals surface area contributed by atoms with Crippen LogP contribution in [0.2, 0.25) is 0 Å². The maximum absolute atomic E-state index is 13.3. The van der Waals surface area contributed by atoms with Gasteiger partial charge in [0.05, 0.1) is 22.9 Å². The molecule has 0 aliphatic carbocycles. The molecule has 162 valence electrons. The van der Waals surface area contributed by atoms with Crippen molar-refractivity contribution in [1.29, 1.82) is 0 Å². The first-order valence-electron chi connectivity index (χ1n) is 10.8. The molecule has 0 bridgehead atoms. The summed E-state index contributed by atoms with van der Waals surface area (Å²) in [6.45, 7) is 3.29. The number of hydrogen-bond donors (Lipinski definition) is 1. The summed E-state index contributed by atoms with van der Waals surface area (Å²) in [4.78, 5) is 26.5. The first-order valence-corrected chi connectivity index (χ1v) is 10.8. The van der Waals surface area contributed by atoms with E-state index in [1.165, 1.54) is 4.68 Å². The molecule has 3 aliphatic heterocycles. The lowest BCUT2D eigenvalue weighted by molar-refractivity contribution is 0.0961. The topological polar surface area (TPSA) is 78.2 Å². The van der Waals surface area contributed by atoms with Gasteiger partial charge >= 0.3 is 0 Å². The molecule has 2 aromatic rings. The Morgan fingerprint density at radius 1 is 1.16 bits per heavy atom. The predicted octanol–water partition coefficient (Wildman–Crippen LogP) is 3.88. The van der Waals surface area contributed by atoms with Crippen LogP contribution >= 0.6 is 0 Å². The average Bonchev–Trinajstić information content (AvgIpc) is 3.42. The SMILES string of the molecule is Cc1cccc(NC(=O)c2cn(CC3CCCO3)cc3c(=O)n(-c4ccccc4)nc2-3)c1. The zero-order chi connectivity index (χ0) is 22.1. The second-order valence-electron chi connectivity index (χ2n) is 8.14. The molecule has 2 aromatic carbocycles. The zero-order valence-electron chi connectivity index (χ0n) is 17.8. The number of aromatic nitrogens is 3. The van der Waals surface area contributed by atoms with Gasteiger partial charge in [0.15, 0.2) is 0 Å². The van der Waals surface area contributed by atoms with Crippen molar-refractivity contribution in [1.82, 2.24) is 14.3 Å². The summed E-state index contributed by atoms with van der Waals surface area (Å²) in [6.07, 6.45) is 5.59. The van der Waals surface area contributed by atoms with Gasteiger partial charge in [0.1, 0.15) is 5.69 Å². The van der Waals surface area contributed by atoms with Crippen LogP contribution in [0.15, 0.2) is 71.8 Å². The first kappa shape index (κ1) is 20.2. The summed E-state index contributed by atoms with van der Waals surface area (Å²) in [5.41, 5.74) is 3.29. The highest BCUT2D eigenvalue weighted by Gasteiger charge is 2.26. The van der Waals surface area contributed by atoms with Crippen LogP contribution in [0.25, 0.3) is 16.9 Å². The van der Waals surface area contributed by atoms with Crippen LogP contribution in [-0.4, -0.2) is 33.0 Å². The summed E-state index contributed by atoms with van der Waals surface area (Å²) in [6, 6.07) is 16.8. The second-order valence-corrected chi connectivity index (χ2v) is 8.14. The standard InChI is InChI=1S/C25H24N4O3/c1-17-7-5-8-18(13-17)26-24(30)21-15-28(14-20-11-6-12-32-20)16-22-23(21)27-29(25(22)31)19-9-3-2-4-10-19/h2-5,7-10,13,15-16,20H,6,11-12,14H2,1H3,(H,26,30). The normalized spacial score (nSPS) is 15.8. The van der Waals surface area contributed by atoms with Crippen molar-refractivity contribution in [2.45, 2.75) is 32.4 Å². The summed E-state index contributed by atoms with van der Waals surface area (Å²) >= 11 is 0. The molecule has 5 rings (SSSR count). The Morgan fingerprint density at radius 2 is 2.00 bits per heavy atom. The maximum atomic E-state index is 13.3. The largest absolute Gasteiger partial charge is 0.376 e. The Labute approximate surface area is 185 Å². The highest BCUT2D eigenvalue weighted by Crippen LogP contribution is 2.25. The lowest BCUT2D eigenvalue weighted by atomic mass is 10.1. The Bertz CT molecular complexity index is 1290. The quantitative estimate of drug-likeness (QED) is 0.523. The van der Waals surface area contributed by atoms with Gasteiger partial charge < -0.3 is 14.6 Å².